The van der Waals surface area contributed by atoms with Crippen molar-refractivity contribution in [2.24, 2.45) is 0 Å². The molecule has 1 heteroatoms. The number of hydrogen-bond donors (Lipinski definition) is 0. The van der Waals surface area contributed by atoms with Crippen LogP contribution in [-0.4, -0.2) is 0 Å². The second-order valence-corrected chi connectivity index (χ2v) is 9.02. The summed E-state index contributed by atoms with van der Waals surface area (Å²) in [4.78, 5) is 0. The fourth-order valence-corrected chi connectivity index (χ4v) is 5.56. The molecule has 4 rings (SSSR count). The van der Waals surface area contributed by atoms with Crippen molar-refractivity contribution in [3.8, 4) is 5.75 Å². The zero-order valence-electron chi connectivity index (χ0n) is 22.0. The first kappa shape index (κ1) is 25.3. The molecule has 0 radical (unpaired) electrons. The molecule has 2 aromatic rings. The Balaban J connectivity index is 2.10. The van der Waals surface area contributed by atoms with Crippen LogP contribution in [0.15, 0.2) is 103 Å². The maximum Gasteiger partial charge on any atom is 0.177 e. The molecule has 1 atom stereocenters. The summed E-state index contributed by atoms with van der Waals surface area (Å²) in [6.45, 7) is 16.4. The van der Waals surface area contributed by atoms with Crippen LogP contribution in [0.1, 0.15) is 56.4 Å². The third-order valence-electron chi connectivity index (χ3n) is 7.19. The van der Waals surface area contributed by atoms with E-state index in [0.717, 1.165) is 34.9 Å². The molecule has 0 saturated carbocycles. The highest BCUT2D eigenvalue weighted by atomic mass is 16.5. The molecule has 36 heavy (non-hydrogen) atoms. The number of allylic oxidation sites excluding steroid dienone is 8. The Morgan fingerprint density at radius 3 is 2.33 bits per heavy atom. The van der Waals surface area contributed by atoms with E-state index in [1.165, 1.54) is 33.1 Å². The van der Waals surface area contributed by atoms with Crippen molar-refractivity contribution in [2.75, 3.05) is 0 Å². The maximum absolute atomic E-state index is 7.19. The maximum atomic E-state index is 7.19. The minimum atomic E-state index is -0.734. The topological polar surface area (TPSA) is 9.23 Å². The summed E-state index contributed by atoms with van der Waals surface area (Å²) in [5, 5.41) is 2.35. The van der Waals surface area contributed by atoms with Crippen LogP contribution in [0, 0.1) is 0 Å². The molecule has 1 unspecified atom stereocenters. The molecular formula is C35H36O. The van der Waals surface area contributed by atoms with Crippen LogP contribution in [0.3, 0.4) is 0 Å². The van der Waals surface area contributed by atoms with Gasteiger partial charge in [0, 0.05) is 16.3 Å². The molecule has 0 saturated heterocycles. The summed E-state index contributed by atoms with van der Waals surface area (Å²) in [5.74, 6) is 0.948. The molecule has 2 aromatic carbocycles. The SMILES string of the molecule is C=C/C=C\C(=C/C)C1(c2ccccc2)C=Cc2c3c(c(=C/C)/c(=C\C)c2O1)C(/C=C\C)=C(C=C)CC3. The molecule has 2 aliphatic rings. The average Bonchev–Trinajstić information content (AvgIpc) is 2.93. The Bertz CT molecular complexity index is 1450. The predicted molar refractivity (Wildman–Crippen MR) is 157 cm³/mol. The van der Waals surface area contributed by atoms with E-state index >= 15 is 0 Å². The predicted octanol–water partition coefficient (Wildman–Crippen LogP) is 7.74. The fraction of sp³-hybridized carbons (Fsp3) is 0.200. The average molecular weight is 473 g/mol. The van der Waals surface area contributed by atoms with E-state index in [4.69, 9.17) is 4.74 Å². The van der Waals surface area contributed by atoms with Gasteiger partial charge in [0.05, 0.1) is 0 Å². The van der Waals surface area contributed by atoms with Gasteiger partial charge >= 0.3 is 0 Å². The molecule has 1 heterocycles. The molecule has 0 bridgehead atoms. The molecule has 0 spiro atoms. The van der Waals surface area contributed by atoms with Gasteiger partial charge in [-0.3, -0.25) is 0 Å². The summed E-state index contributed by atoms with van der Waals surface area (Å²) < 4.78 is 7.19. The van der Waals surface area contributed by atoms with Crippen LogP contribution in [0.5, 0.6) is 5.75 Å². The van der Waals surface area contributed by atoms with Crippen LogP contribution in [0.25, 0.3) is 23.8 Å². The second kappa shape index (κ2) is 10.8. The van der Waals surface area contributed by atoms with Gasteiger partial charge in [0.15, 0.2) is 5.60 Å². The van der Waals surface area contributed by atoms with Crippen LogP contribution >= 0.6 is 0 Å². The largest absolute Gasteiger partial charge is 0.472 e. The minimum absolute atomic E-state index is 0.734. The highest BCUT2D eigenvalue weighted by molar-refractivity contribution is 5.86. The summed E-state index contributed by atoms with van der Waals surface area (Å²) >= 11 is 0. The Morgan fingerprint density at radius 1 is 0.972 bits per heavy atom. The van der Waals surface area contributed by atoms with Gasteiger partial charge in [-0.05, 0) is 79.7 Å². The van der Waals surface area contributed by atoms with Gasteiger partial charge in [0.1, 0.15) is 5.75 Å². The summed E-state index contributed by atoms with van der Waals surface area (Å²) in [6.07, 6.45) is 25.2. The van der Waals surface area contributed by atoms with Crippen molar-refractivity contribution >= 4 is 23.8 Å². The van der Waals surface area contributed by atoms with Crippen LogP contribution in [0.4, 0.5) is 0 Å². The first-order valence-corrected chi connectivity index (χ1v) is 12.8. The van der Waals surface area contributed by atoms with Gasteiger partial charge in [-0.15, -0.1) is 0 Å². The van der Waals surface area contributed by atoms with Gasteiger partial charge in [-0.1, -0.05) is 104 Å². The Labute approximate surface area is 216 Å². The van der Waals surface area contributed by atoms with E-state index < -0.39 is 5.60 Å². The number of rotatable bonds is 6. The third kappa shape index (κ3) is 4.09. The second-order valence-electron chi connectivity index (χ2n) is 9.02. The number of ether oxygens (including phenoxy) is 1. The lowest BCUT2D eigenvalue weighted by Crippen LogP contribution is -2.41. The van der Waals surface area contributed by atoms with E-state index in [9.17, 15) is 0 Å². The van der Waals surface area contributed by atoms with Crippen molar-refractivity contribution < 1.29 is 4.74 Å². The van der Waals surface area contributed by atoms with Gasteiger partial charge in [-0.25, -0.2) is 0 Å². The van der Waals surface area contributed by atoms with Crippen molar-refractivity contribution in [1.29, 1.82) is 0 Å². The number of benzene rings is 2. The molecule has 0 aromatic heterocycles. The van der Waals surface area contributed by atoms with E-state index in [2.05, 4.69) is 114 Å². The summed E-state index contributed by atoms with van der Waals surface area (Å²) in [6, 6.07) is 10.5. The lowest BCUT2D eigenvalue weighted by atomic mass is 9.78. The van der Waals surface area contributed by atoms with E-state index in [-0.39, 0.29) is 0 Å². The Kier molecular flexibility index (Phi) is 7.60. The zero-order chi connectivity index (χ0) is 25.7. The van der Waals surface area contributed by atoms with Gasteiger partial charge in [-0.2, -0.15) is 0 Å². The quantitative estimate of drug-likeness (QED) is 0.391. The summed E-state index contributed by atoms with van der Waals surface area (Å²) in [7, 11) is 0. The fourth-order valence-electron chi connectivity index (χ4n) is 5.56. The Hall–Kier alpha value is -3.84. The lowest BCUT2D eigenvalue weighted by Gasteiger charge is -2.38. The van der Waals surface area contributed by atoms with Crippen molar-refractivity contribution in [3.05, 3.63) is 136 Å². The molecule has 0 fully saturated rings. The molecule has 1 nitrogen and oxygen atoms in total. The van der Waals surface area contributed by atoms with Gasteiger partial charge in [0.2, 0.25) is 0 Å². The van der Waals surface area contributed by atoms with Crippen molar-refractivity contribution in [1.82, 2.24) is 0 Å². The molecule has 0 N–H and O–H groups in total. The molecule has 182 valence electrons. The highest BCUT2D eigenvalue weighted by Gasteiger charge is 2.39. The normalized spacial score (nSPS) is 20.6. The van der Waals surface area contributed by atoms with Crippen LogP contribution in [-0.2, 0) is 12.0 Å². The summed E-state index contributed by atoms with van der Waals surface area (Å²) in [5.41, 5.74) is 7.84. The number of fused-ring (bicyclic) bond motifs is 3. The highest BCUT2D eigenvalue weighted by Crippen LogP contribution is 2.44. The van der Waals surface area contributed by atoms with E-state index in [1.807, 2.05) is 18.2 Å². The van der Waals surface area contributed by atoms with Crippen molar-refractivity contribution in [2.45, 2.75) is 46.1 Å². The van der Waals surface area contributed by atoms with Gasteiger partial charge < -0.3 is 4.74 Å². The lowest BCUT2D eigenvalue weighted by molar-refractivity contribution is 0.158. The van der Waals surface area contributed by atoms with E-state index in [1.54, 1.807) is 6.08 Å². The van der Waals surface area contributed by atoms with Crippen LogP contribution < -0.4 is 15.2 Å². The number of hydrogen-bond acceptors (Lipinski definition) is 1. The molecule has 0 amide bonds. The molecular weight excluding hydrogens is 436 g/mol. The minimum Gasteiger partial charge on any atom is -0.472 e. The Morgan fingerprint density at radius 2 is 1.72 bits per heavy atom. The zero-order valence-corrected chi connectivity index (χ0v) is 22.0. The standard InChI is InChI=1S/C35H36O/c1-7-13-18-26(10-4)35(27-19-15-14-16-20-27)24-23-32-31-22-21-25(9-3)30(17-8-2)33(31)28(11-5)29(12-6)34(32)36-35/h7-20,23-24H,1,3,21-22H2,2,4-6H3/b17-8-,18-13-,26-10+,28-11+,29-12+. The smallest absolute Gasteiger partial charge is 0.177 e. The van der Waals surface area contributed by atoms with E-state index in [0.29, 0.717) is 0 Å². The third-order valence-corrected chi connectivity index (χ3v) is 7.19. The van der Waals surface area contributed by atoms with Crippen LogP contribution in [0.2, 0.25) is 0 Å². The van der Waals surface area contributed by atoms with Crippen molar-refractivity contribution in [3.63, 3.8) is 0 Å². The molecule has 1 aliphatic carbocycles. The molecule has 1 aliphatic heterocycles. The first-order valence-electron chi connectivity index (χ1n) is 12.8. The van der Waals surface area contributed by atoms with Gasteiger partial charge in [0.25, 0.3) is 0 Å². The first-order chi connectivity index (χ1) is 17.6. The monoisotopic (exact) mass is 472 g/mol.